The van der Waals surface area contributed by atoms with E-state index in [2.05, 4.69) is 12.2 Å². The molecule has 1 aliphatic heterocycles. The summed E-state index contributed by atoms with van der Waals surface area (Å²) in [5, 5.41) is 14.9. The second-order valence-electron chi connectivity index (χ2n) is 8.48. The predicted octanol–water partition coefficient (Wildman–Crippen LogP) is 4.65. The Morgan fingerprint density at radius 1 is 1.00 bits per heavy atom. The van der Waals surface area contributed by atoms with E-state index in [1.54, 1.807) is 0 Å². The molecule has 1 amide bonds. The van der Waals surface area contributed by atoms with Crippen LogP contribution in [0.15, 0.2) is 0 Å². The van der Waals surface area contributed by atoms with Crippen molar-refractivity contribution in [3.8, 4) is 0 Å². The van der Waals surface area contributed by atoms with Gasteiger partial charge in [0.25, 0.3) is 0 Å². The van der Waals surface area contributed by atoms with Crippen LogP contribution in [0.4, 0.5) is 0 Å². The van der Waals surface area contributed by atoms with Crippen LogP contribution in [0.2, 0.25) is 0 Å². The molecule has 0 saturated carbocycles. The van der Waals surface area contributed by atoms with E-state index in [0.717, 1.165) is 25.7 Å². The van der Waals surface area contributed by atoms with Crippen LogP contribution >= 0.6 is 0 Å². The number of nitrogens with zero attached hydrogens (tertiary/aromatic N) is 1. The smallest absolute Gasteiger partial charge is 0.220 e. The van der Waals surface area contributed by atoms with Crippen LogP contribution in [-0.2, 0) is 4.79 Å². The first-order valence-corrected chi connectivity index (χ1v) is 9.47. The maximum Gasteiger partial charge on any atom is 0.220 e. The molecule has 136 valence electrons. The van der Waals surface area contributed by atoms with Gasteiger partial charge in [0, 0.05) is 23.5 Å². The van der Waals surface area contributed by atoms with Crippen molar-refractivity contribution in [3.05, 3.63) is 0 Å². The standard InChI is InChI=1S/C19H38N2O2/c1-6-7-8-9-10-11-12-13-17(22)20-16-14-18(2,3)21(23)19(4,5)15-16/h16,23H,6-15H2,1-5H3,(H,20,22). The van der Waals surface area contributed by atoms with Gasteiger partial charge < -0.3 is 10.5 Å². The van der Waals surface area contributed by atoms with Crippen molar-refractivity contribution in [2.45, 2.75) is 116 Å². The molecule has 1 rings (SSSR count). The Hall–Kier alpha value is -0.610. The number of hydroxylamine groups is 2. The van der Waals surface area contributed by atoms with E-state index in [9.17, 15) is 10.0 Å². The largest absolute Gasteiger partial charge is 0.353 e. The van der Waals surface area contributed by atoms with Crippen molar-refractivity contribution in [3.63, 3.8) is 0 Å². The molecule has 0 unspecified atom stereocenters. The summed E-state index contributed by atoms with van der Waals surface area (Å²) in [6.07, 6.45) is 10.8. The summed E-state index contributed by atoms with van der Waals surface area (Å²) in [5.74, 6) is 0.168. The topological polar surface area (TPSA) is 52.6 Å². The number of nitrogens with one attached hydrogen (secondary N) is 1. The Kier molecular flexibility index (Phi) is 8.02. The Labute approximate surface area is 143 Å². The van der Waals surface area contributed by atoms with Crippen molar-refractivity contribution in [2.24, 2.45) is 0 Å². The van der Waals surface area contributed by atoms with E-state index in [0.29, 0.717) is 6.42 Å². The Morgan fingerprint density at radius 3 is 2.00 bits per heavy atom. The molecule has 0 aromatic rings. The summed E-state index contributed by atoms with van der Waals surface area (Å²) in [5.41, 5.74) is -0.613. The van der Waals surface area contributed by atoms with Gasteiger partial charge in [-0.25, -0.2) is 0 Å². The Balaban J connectivity index is 2.26. The van der Waals surface area contributed by atoms with Crippen LogP contribution in [0, 0.1) is 0 Å². The third-order valence-electron chi connectivity index (χ3n) is 5.01. The number of hydrogen-bond acceptors (Lipinski definition) is 3. The molecule has 0 radical (unpaired) electrons. The molecule has 1 aliphatic rings. The van der Waals surface area contributed by atoms with Gasteiger partial charge in [-0.3, -0.25) is 4.79 Å². The summed E-state index contributed by atoms with van der Waals surface area (Å²) in [4.78, 5) is 12.2. The second-order valence-corrected chi connectivity index (χ2v) is 8.48. The van der Waals surface area contributed by atoms with Crippen molar-refractivity contribution in [1.29, 1.82) is 0 Å². The van der Waals surface area contributed by atoms with Gasteiger partial charge in [-0.05, 0) is 47.0 Å². The lowest BCUT2D eigenvalue weighted by atomic mass is 9.79. The highest BCUT2D eigenvalue weighted by Gasteiger charge is 2.45. The van der Waals surface area contributed by atoms with Gasteiger partial charge in [0.1, 0.15) is 0 Å². The van der Waals surface area contributed by atoms with Crippen LogP contribution in [0.1, 0.15) is 98.8 Å². The first kappa shape index (κ1) is 20.4. The molecule has 0 aromatic carbocycles. The molecular weight excluding hydrogens is 288 g/mol. The molecule has 1 saturated heterocycles. The van der Waals surface area contributed by atoms with E-state index in [1.807, 2.05) is 27.7 Å². The molecule has 0 aliphatic carbocycles. The summed E-state index contributed by atoms with van der Waals surface area (Å²) in [7, 11) is 0. The van der Waals surface area contributed by atoms with E-state index in [1.165, 1.54) is 37.2 Å². The van der Waals surface area contributed by atoms with Crippen LogP contribution in [0.3, 0.4) is 0 Å². The molecule has 0 atom stereocenters. The summed E-state index contributed by atoms with van der Waals surface area (Å²) in [6, 6.07) is 0.153. The Bertz CT molecular complexity index is 348. The van der Waals surface area contributed by atoms with Gasteiger partial charge in [-0.15, -0.1) is 0 Å². The quantitative estimate of drug-likeness (QED) is 0.606. The lowest BCUT2D eigenvalue weighted by Crippen LogP contribution is -2.62. The second kappa shape index (κ2) is 9.03. The number of amides is 1. The van der Waals surface area contributed by atoms with Crippen molar-refractivity contribution >= 4 is 5.91 Å². The van der Waals surface area contributed by atoms with Crippen molar-refractivity contribution < 1.29 is 10.0 Å². The average Bonchev–Trinajstić information content (AvgIpc) is 2.43. The predicted molar refractivity (Wildman–Crippen MR) is 95.6 cm³/mol. The molecule has 0 spiro atoms. The molecule has 23 heavy (non-hydrogen) atoms. The number of carbonyl (C=O) groups excluding carboxylic acids is 1. The monoisotopic (exact) mass is 326 g/mol. The molecule has 0 bridgehead atoms. The van der Waals surface area contributed by atoms with E-state index in [-0.39, 0.29) is 23.0 Å². The van der Waals surface area contributed by atoms with Gasteiger partial charge in [0.15, 0.2) is 0 Å². The normalized spacial score (nSPS) is 21.3. The molecular formula is C19H38N2O2. The minimum Gasteiger partial charge on any atom is -0.353 e. The highest BCUT2D eigenvalue weighted by Crippen LogP contribution is 2.36. The molecule has 1 fully saturated rings. The highest BCUT2D eigenvalue weighted by molar-refractivity contribution is 5.76. The first-order chi connectivity index (χ1) is 10.7. The summed E-state index contributed by atoms with van der Waals surface area (Å²) < 4.78 is 0. The van der Waals surface area contributed by atoms with Gasteiger partial charge >= 0.3 is 0 Å². The van der Waals surface area contributed by atoms with E-state index >= 15 is 0 Å². The SMILES string of the molecule is CCCCCCCCCC(=O)NC1CC(C)(C)N(O)C(C)(C)C1. The Morgan fingerprint density at radius 2 is 1.48 bits per heavy atom. The number of unbranched alkanes of at least 4 members (excludes halogenated alkanes) is 6. The van der Waals surface area contributed by atoms with Gasteiger partial charge in [-0.1, -0.05) is 45.4 Å². The maximum absolute atomic E-state index is 12.2. The van der Waals surface area contributed by atoms with Gasteiger partial charge in [0.2, 0.25) is 5.91 Å². The zero-order valence-electron chi connectivity index (χ0n) is 16.0. The van der Waals surface area contributed by atoms with Gasteiger partial charge in [-0.2, -0.15) is 5.06 Å². The van der Waals surface area contributed by atoms with Crippen LogP contribution in [0.5, 0.6) is 0 Å². The van der Waals surface area contributed by atoms with Crippen LogP contribution < -0.4 is 5.32 Å². The third-order valence-corrected chi connectivity index (χ3v) is 5.01. The number of carbonyl (C=O) groups is 1. The third kappa shape index (κ3) is 6.80. The number of hydrogen-bond donors (Lipinski definition) is 2. The first-order valence-electron chi connectivity index (χ1n) is 9.47. The summed E-state index contributed by atoms with van der Waals surface area (Å²) in [6.45, 7) is 10.4. The molecule has 0 aromatic heterocycles. The fourth-order valence-corrected chi connectivity index (χ4v) is 3.91. The maximum atomic E-state index is 12.2. The molecule has 2 N–H and O–H groups in total. The fourth-order valence-electron chi connectivity index (χ4n) is 3.91. The van der Waals surface area contributed by atoms with E-state index < -0.39 is 0 Å². The average molecular weight is 327 g/mol. The highest BCUT2D eigenvalue weighted by atomic mass is 16.5. The van der Waals surface area contributed by atoms with Crippen LogP contribution in [0.25, 0.3) is 0 Å². The lowest BCUT2D eigenvalue weighted by molar-refractivity contribution is -0.246. The lowest BCUT2D eigenvalue weighted by Gasteiger charge is -2.51. The number of piperidine rings is 1. The summed E-state index contributed by atoms with van der Waals surface area (Å²) >= 11 is 0. The van der Waals surface area contributed by atoms with Crippen molar-refractivity contribution in [1.82, 2.24) is 10.4 Å². The minimum absolute atomic E-state index is 0.153. The zero-order valence-corrected chi connectivity index (χ0v) is 16.0. The number of rotatable bonds is 9. The molecule has 4 nitrogen and oxygen atoms in total. The van der Waals surface area contributed by atoms with E-state index in [4.69, 9.17) is 0 Å². The van der Waals surface area contributed by atoms with Gasteiger partial charge in [0.05, 0.1) is 0 Å². The fraction of sp³-hybridized carbons (Fsp3) is 0.947. The minimum atomic E-state index is -0.307. The zero-order chi connectivity index (χ0) is 17.5. The molecule has 1 heterocycles. The molecule has 4 heteroatoms. The van der Waals surface area contributed by atoms with Crippen molar-refractivity contribution in [2.75, 3.05) is 0 Å². The van der Waals surface area contributed by atoms with Crippen LogP contribution in [-0.4, -0.2) is 33.3 Å².